The van der Waals surface area contributed by atoms with Gasteiger partial charge in [-0.2, -0.15) is 0 Å². The third-order valence-electron chi connectivity index (χ3n) is 2.39. The van der Waals surface area contributed by atoms with Crippen LogP contribution in [0.3, 0.4) is 0 Å². The molecule has 0 aliphatic carbocycles. The SMILES string of the molecule is CS(=O)(=O)CCNC1(CC(=O)O)CNC1. The molecule has 0 amide bonds. The molecule has 6 nitrogen and oxygen atoms in total. The van der Waals surface area contributed by atoms with Gasteiger partial charge < -0.3 is 15.7 Å². The molecule has 15 heavy (non-hydrogen) atoms. The van der Waals surface area contributed by atoms with Gasteiger partial charge in [-0.3, -0.25) is 4.79 Å². The van der Waals surface area contributed by atoms with Crippen LogP contribution in [0.4, 0.5) is 0 Å². The van der Waals surface area contributed by atoms with E-state index in [-0.39, 0.29) is 12.2 Å². The second kappa shape index (κ2) is 4.46. The Kier molecular flexibility index (Phi) is 3.69. The van der Waals surface area contributed by atoms with E-state index in [0.29, 0.717) is 19.6 Å². The monoisotopic (exact) mass is 236 g/mol. The average Bonchev–Trinajstić information content (AvgIpc) is 1.96. The average molecular weight is 236 g/mol. The van der Waals surface area contributed by atoms with Crippen LogP contribution in [0, 0.1) is 0 Å². The summed E-state index contributed by atoms with van der Waals surface area (Å²) in [7, 11) is -2.99. The lowest BCUT2D eigenvalue weighted by Crippen LogP contribution is -2.68. The summed E-state index contributed by atoms with van der Waals surface area (Å²) >= 11 is 0. The number of hydrogen-bond donors (Lipinski definition) is 3. The van der Waals surface area contributed by atoms with E-state index in [1.165, 1.54) is 0 Å². The molecule has 0 spiro atoms. The van der Waals surface area contributed by atoms with Crippen molar-refractivity contribution in [3.8, 4) is 0 Å². The van der Waals surface area contributed by atoms with Crippen molar-refractivity contribution in [3.05, 3.63) is 0 Å². The summed E-state index contributed by atoms with van der Waals surface area (Å²) in [5, 5.41) is 14.7. The Balaban J connectivity index is 2.37. The van der Waals surface area contributed by atoms with Crippen LogP contribution in [-0.2, 0) is 14.6 Å². The van der Waals surface area contributed by atoms with Crippen molar-refractivity contribution < 1.29 is 18.3 Å². The van der Waals surface area contributed by atoms with E-state index < -0.39 is 21.3 Å². The molecular weight excluding hydrogens is 220 g/mol. The number of carboxylic acid groups (broad SMARTS) is 1. The van der Waals surface area contributed by atoms with Gasteiger partial charge in [-0.05, 0) is 0 Å². The molecule has 0 saturated carbocycles. The molecule has 88 valence electrons. The van der Waals surface area contributed by atoms with E-state index in [1.807, 2.05) is 0 Å². The summed E-state index contributed by atoms with van der Waals surface area (Å²) in [6, 6.07) is 0. The summed E-state index contributed by atoms with van der Waals surface area (Å²) in [5.74, 6) is -0.836. The van der Waals surface area contributed by atoms with Gasteiger partial charge in [0.2, 0.25) is 0 Å². The molecule has 1 rings (SSSR count). The Hall–Kier alpha value is -0.660. The predicted molar refractivity (Wildman–Crippen MR) is 55.6 cm³/mol. The first kappa shape index (κ1) is 12.4. The highest BCUT2D eigenvalue weighted by atomic mass is 32.2. The third-order valence-corrected chi connectivity index (χ3v) is 3.33. The van der Waals surface area contributed by atoms with E-state index in [0.717, 1.165) is 6.26 Å². The van der Waals surface area contributed by atoms with Gasteiger partial charge >= 0.3 is 5.97 Å². The zero-order chi connectivity index (χ0) is 11.5. The van der Waals surface area contributed by atoms with Gasteiger partial charge in [0.1, 0.15) is 9.84 Å². The first-order chi connectivity index (χ1) is 6.83. The van der Waals surface area contributed by atoms with Gasteiger partial charge in [-0.25, -0.2) is 8.42 Å². The predicted octanol–water partition coefficient (Wildman–Crippen LogP) is -1.56. The first-order valence-corrected chi connectivity index (χ1v) is 6.74. The summed E-state index contributed by atoms with van der Waals surface area (Å²) < 4.78 is 21.7. The van der Waals surface area contributed by atoms with Crippen LogP contribution >= 0.6 is 0 Å². The quantitative estimate of drug-likeness (QED) is 0.516. The Morgan fingerprint density at radius 2 is 2.13 bits per heavy atom. The van der Waals surface area contributed by atoms with Gasteiger partial charge in [-0.15, -0.1) is 0 Å². The van der Waals surface area contributed by atoms with Gasteiger partial charge in [0.05, 0.1) is 17.7 Å². The number of hydrogen-bond acceptors (Lipinski definition) is 5. The molecule has 1 heterocycles. The van der Waals surface area contributed by atoms with E-state index in [4.69, 9.17) is 5.11 Å². The summed E-state index contributed by atoms with van der Waals surface area (Å²) in [6.07, 6.45) is 1.18. The Morgan fingerprint density at radius 1 is 1.53 bits per heavy atom. The molecule has 0 atom stereocenters. The van der Waals surface area contributed by atoms with Crippen molar-refractivity contribution in [2.75, 3.05) is 31.6 Å². The zero-order valence-corrected chi connectivity index (χ0v) is 9.43. The number of carboxylic acids is 1. The van der Waals surface area contributed by atoms with Crippen LogP contribution in [0.2, 0.25) is 0 Å². The molecule has 0 aromatic rings. The minimum absolute atomic E-state index is 0.0176. The summed E-state index contributed by atoms with van der Waals surface area (Å²) in [6.45, 7) is 1.44. The molecule has 1 saturated heterocycles. The number of aliphatic carboxylic acids is 1. The maximum atomic E-state index is 10.9. The van der Waals surface area contributed by atoms with Crippen molar-refractivity contribution in [1.29, 1.82) is 0 Å². The Labute approximate surface area is 89.0 Å². The molecule has 3 N–H and O–H groups in total. The molecule has 0 unspecified atom stereocenters. The van der Waals surface area contributed by atoms with Crippen LogP contribution in [0.15, 0.2) is 0 Å². The highest BCUT2D eigenvalue weighted by Crippen LogP contribution is 2.15. The smallest absolute Gasteiger partial charge is 0.305 e. The molecule has 7 heteroatoms. The standard InChI is InChI=1S/C8H16N2O4S/c1-15(13,14)3-2-10-8(4-7(11)12)5-9-6-8/h9-10H,2-6H2,1H3,(H,11,12). The fraction of sp³-hybridized carbons (Fsp3) is 0.875. The van der Waals surface area contributed by atoms with E-state index >= 15 is 0 Å². The normalized spacial score (nSPS) is 19.5. The fourth-order valence-electron chi connectivity index (χ4n) is 1.53. The highest BCUT2D eigenvalue weighted by Gasteiger charge is 2.38. The molecule has 1 fully saturated rings. The van der Waals surface area contributed by atoms with Crippen LogP contribution < -0.4 is 10.6 Å². The topological polar surface area (TPSA) is 95.5 Å². The molecule has 0 radical (unpaired) electrons. The number of nitrogens with one attached hydrogen (secondary N) is 2. The second-order valence-corrected chi connectivity index (χ2v) is 6.27. The van der Waals surface area contributed by atoms with Gasteiger partial charge in [0.15, 0.2) is 0 Å². The van der Waals surface area contributed by atoms with Crippen LogP contribution in [0.5, 0.6) is 0 Å². The van der Waals surface area contributed by atoms with Crippen LogP contribution in [0.25, 0.3) is 0 Å². The lowest BCUT2D eigenvalue weighted by atomic mass is 9.88. The second-order valence-electron chi connectivity index (χ2n) is 4.01. The lowest BCUT2D eigenvalue weighted by Gasteiger charge is -2.42. The lowest BCUT2D eigenvalue weighted by molar-refractivity contribution is -0.139. The third kappa shape index (κ3) is 4.15. The molecular formula is C8H16N2O4S. The fourth-order valence-corrected chi connectivity index (χ4v) is 2.00. The minimum atomic E-state index is -2.99. The maximum absolute atomic E-state index is 10.9. The number of sulfone groups is 1. The molecule has 1 aliphatic rings. The summed E-state index contributed by atoms with van der Waals surface area (Å²) in [4.78, 5) is 10.6. The van der Waals surface area contributed by atoms with Gasteiger partial charge in [0.25, 0.3) is 0 Å². The highest BCUT2D eigenvalue weighted by molar-refractivity contribution is 7.90. The van der Waals surface area contributed by atoms with Crippen molar-refractivity contribution in [3.63, 3.8) is 0 Å². The largest absolute Gasteiger partial charge is 0.481 e. The van der Waals surface area contributed by atoms with Crippen molar-refractivity contribution in [2.24, 2.45) is 0 Å². The van der Waals surface area contributed by atoms with Crippen molar-refractivity contribution in [1.82, 2.24) is 10.6 Å². The van der Waals surface area contributed by atoms with E-state index in [2.05, 4.69) is 10.6 Å². The zero-order valence-electron chi connectivity index (χ0n) is 8.62. The maximum Gasteiger partial charge on any atom is 0.305 e. The molecule has 1 aliphatic heterocycles. The van der Waals surface area contributed by atoms with Gasteiger partial charge in [-0.1, -0.05) is 0 Å². The number of rotatable bonds is 6. The Bertz CT molecular complexity index is 335. The van der Waals surface area contributed by atoms with Crippen molar-refractivity contribution in [2.45, 2.75) is 12.0 Å². The first-order valence-electron chi connectivity index (χ1n) is 4.68. The minimum Gasteiger partial charge on any atom is -0.481 e. The van der Waals surface area contributed by atoms with E-state index in [9.17, 15) is 13.2 Å². The summed E-state index contributed by atoms with van der Waals surface area (Å²) in [5.41, 5.74) is -0.462. The van der Waals surface area contributed by atoms with Crippen LogP contribution in [-0.4, -0.2) is 56.7 Å². The molecule has 0 aromatic carbocycles. The Morgan fingerprint density at radius 3 is 2.47 bits per heavy atom. The van der Waals surface area contributed by atoms with Gasteiger partial charge in [0, 0.05) is 25.9 Å². The molecule has 0 bridgehead atoms. The molecule has 0 aromatic heterocycles. The number of carbonyl (C=O) groups is 1. The van der Waals surface area contributed by atoms with E-state index in [1.54, 1.807) is 0 Å². The van der Waals surface area contributed by atoms with Crippen molar-refractivity contribution >= 4 is 15.8 Å². The van der Waals surface area contributed by atoms with Crippen LogP contribution in [0.1, 0.15) is 6.42 Å².